The molecule has 106 valence electrons. The standard InChI is InChI=1S/C13H15ClN4OS/c1-16-12(19)10-11(15)17-20-13(10)18(2)7-8-5-3-4-6-9(8)14/h3-6H,7H2,1-2H3,(H2,15,17)(H,16,19). The predicted octanol–water partition coefficient (Wildman–Crippen LogP) is 2.37. The molecular weight excluding hydrogens is 296 g/mol. The summed E-state index contributed by atoms with van der Waals surface area (Å²) in [6.45, 7) is 0.575. The molecule has 0 fully saturated rings. The summed E-state index contributed by atoms with van der Waals surface area (Å²) < 4.78 is 4.05. The Kier molecular flexibility index (Phi) is 4.46. The zero-order chi connectivity index (χ0) is 14.7. The molecular formula is C13H15ClN4OS. The number of amides is 1. The number of anilines is 2. The van der Waals surface area contributed by atoms with Crippen molar-refractivity contribution in [1.82, 2.24) is 9.69 Å². The maximum atomic E-state index is 11.9. The van der Waals surface area contributed by atoms with Crippen molar-refractivity contribution in [3.05, 3.63) is 40.4 Å². The van der Waals surface area contributed by atoms with E-state index in [2.05, 4.69) is 9.69 Å². The molecule has 7 heteroatoms. The second-order valence-corrected chi connectivity index (χ2v) is 5.43. The first-order valence-corrected chi connectivity index (χ1v) is 7.11. The van der Waals surface area contributed by atoms with Gasteiger partial charge in [0.1, 0.15) is 10.6 Å². The van der Waals surface area contributed by atoms with E-state index < -0.39 is 0 Å². The lowest BCUT2D eigenvalue weighted by atomic mass is 10.2. The number of aromatic nitrogens is 1. The van der Waals surface area contributed by atoms with Gasteiger partial charge in [-0.1, -0.05) is 29.8 Å². The van der Waals surface area contributed by atoms with E-state index >= 15 is 0 Å². The molecule has 1 aromatic carbocycles. The van der Waals surface area contributed by atoms with Crippen molar-refractivity contribution >= 4 is 39.9 Å². The zero-order valence-electron chi connectivity index (χ0n) is 11.2. The fourth-order valence-electron chi connectivity index (χ4n) is 1.85. The van der Waals surface area contributed by atoms with Crippen LogP contribution in [0.5, 0.6) is 0 Å². The lowest BCUT2D eigenvalue weighted by Gasteiger charge is -2.19. The average molecular weight is 311 g/mol. The van der Waals surface area contributed by atoms with Crippen LogP contribution in [-0.4, -0.2) is 24.4 Å². The van der Waals surface area contributed by atoms with Crippen molar-refractivity contribution in [2.75, 3.05) is 24.7 Å². The third-order valence-corrected chi connectivity index (χ3v) is 4.21. The van der Waals surface area contributed by atoms with E-state index in [1.807, 2.05) is 36.2 Å². The quantitative estimate of drug-likeness (QED) is 0.909. The van der Waals surface area contributed by atoms with Crippen molar-refractivity contribution < 1.29 is 4.79 Å². The largest absolute Gasteiger partial charge is 0.382 e. The van der Waals surface area contributed by atoms with Crippen LogP contribution in [0.15, 0.2) is 24.3 Å². The minimum absolute atomic E-state index is 0.239. The second kappa shape index (κ2) is 6.11. The van der Waals surface area contributed by atoms with Crippen LogP contribution >= 0.6 is 23.1 Å². The third-order valence-electron chi connectivity index (χ3n) is 2.87. The number of halogens is 1. The average Bonchev–Trinajstić information content (AvgIpc) is 2.82. The summed E-state index contributed by atoms with van der Waals surface area (Å²) in [7, 11) is 3.44. The highest BCUT2D eigenvalue weighted by Gasteiger charge is 2.21. The van der Waals surface area contributed by atoms with Crippen LogP contribution in [0, 0.1) is 0 Å². The summed E-state index contributed by atoms with van der Waals surface area (Å²) in [6, 6.07) is 7.59. The fraction of sp³-hybridized carbons (Fsp3) is 0.231. The maximum absolute atomic E-state index is 11.9. The van der Waals surface area contributed by atoms with Crippen molar-refractivity contribution in [2.45, 2.75) is 6.54 Å². The van der Waals surface area contributed by atoms with Gasteiger partial charge in [0.2, 0.25) is 0 Å². The molecule has 0 spiro atoms. The molecule has 2 aromatic rings. The number of hydrogen-bond acceptors (Lipinski definition) is 5. The number of hydrogen-bond donors (Lipinski definition) is 2. The smallest absolute Gasteiger partial charge is 0.257 e. The minimum atomic E-state index is -0.239. The van der Waals surface area contributed by atoms with Crippen LogP contribution in [-0.2, 0) is 6.54 Å². The Labute approximate surface area is 126 Å². The minimum Gasteiger partial charge on any atom is -0.382 e. The van der Waals surface area contributed by atoms with E-state index in [1.165, 1.54) is 11.5 Å². The lowest BCUT2D eigenvalue weighted by Crippen LogP contribution is -2.23. The first kappa shape index (κ1) is 14.6. The molecule has 0 unspecified atom stereocenters. The molecule has 0 atom stereocenters. The molecule has 1 amide bonds. The van der Waals surface area contributed by atoms with E-state index in [4.69, 9.17) is 17.3 Å². The normalized spacial score (nSPS) is 10.3. The van der Waals surface area contributed by atoms with E-state index in [0.29, 0.717) is 17.1 Å². The lowest BCUT2D eigenvalue weighted by molar-refractivity contribution is 0.0964. The number of benzene rings is 1. The SMILES string of the molecule is CNC(=O)c1c(N)nsc1N(C)Cc1ccccc1Cl. The Morgan fingerprint density at radius 1 is 1.50 bits per heavy atom. The predicted molar refractivity (Wildman–Crippen MR) is 83.5 cm³/mol. The van der Waals surface area contributed by atoms with Gasteiger partial charge in [-0.2, -0.15) is 4.37 Å². The Hall–Kier alpha value is -1.79. The van der Waals surface area contributed by atoms with Gasteiger partial charge in [0.25, 0.3) is 5.91 Å². The maximum Gasteiger partial charge on any atom is 0.257 e. The van der Waals surface area contributed by atoms with Crippen molar-refractivity contribution in [2.24, 2.45) is 0 Å². The number of rotatable bonds is 4. The van der Waals surface area contributed by atoms with Crippen LogP contribution in [0.4, 0.5) is 10.8 Å². The van der Waals surface area contributed by atoms with Gasteiger partial charge in [0, 0.05) is 25.7 Å². The third kappa shape index (κ3) is 2.86. The molecule has 0 radical (unpaired) electrons. The van der Waals surface area contributed by atoms with E-state index in [-0.39, 0.29) is 11.7 Å². The van der Waals surface area contributed by atoms with Crippen LogP contribution in [0.1, 0.15) is 15.9 Å². The van der Waals surface area contributed by atoms with Crippen molar-refractivity contribution in [3.8, 4) is 0 Å². The van der Waals surface area contributed by atoms with Gasteiger partial charge >= 0.3 is 0 Å². The molecule has 0 bridgehead atoms. The van der Waals surface area contributed by atoms with Crippen molar-refractivity contribution in [3.63, 3.8) is 0 Å². The van der Waals surface area contributed by atoms with Gasteiger partial charge in [-0.05, 0) is 23.2 Å². The summed E-state index contributed by atoms with van der Waals surface area (Å²) in [6.07, 6.45) is 0. The summed E-state index contributed by atoms with van der Waals surface area (Å²) >= 11 is 7.35. The monoisotopic (exact) mass is 310 g/mol. The topological polar surface area (TPSA) is 71.2 Å². The molecule has 0 aliphatic rings. The number of nitrogens with two attached hydrogens (primary N) is 1. The Morgan fingerprint density at radius 2 is 2.20 bits per heavy atom. The molecule has 0 saturated carbocycles. The summed E-state index contributed by atoms with van der Waals surface area (Å²) in [4.78, 5) is 13.8. The van der Waals surface area contributed by atoms with Crippen LogP contribution < -0.4 is 16.0 Å². The van der Waals surface area contributed by atoms with E-state index in [1.54, 1.807) is 7.05 Å². The van der Waals surface area contributed by atoms with Gasteiger partial charge in [0.05, 0.1) is 0 Å². The zero-order valence-corrected chi connectivity index (χ0v) is 12.8. The fourth-order valence-corrected chi connectivity index (χ4v) is 2.81. The summed E-state index contributed by atoms with van der Waals surface area (Å²) in [5.41, 5.74) is 7.15. The highest BCUT2D eigenvalue weighted by atomic mass is 35.5. The molecule has 0 aliphatic heterocycles. The number of nitrogens with one attached hydrogen (secondary N) is 1. The number of nitrogens with zero attached hydrogens (tertiary/aromatic N) is 2. The van der Waals surface area contributed by atoms with Crippen LogP contribution in [0.2, 0.25) is 5.02 Å². The highest BCUT2D eigenvalue weighted by Crippen LogP contribution is 2.31. The number of carbonyl (C=O) groups excluding carboxylic acids is 1. The van der Waals surface area contributed by atoms with Gasteiger partial charge < -0.3 is 16.0 Å². The first-order chi connectivity index (χ1) is 9.54. The van der Waals surface area contributed by atoms with Gasteiger partial charge in [-0.25, -0.2) is 0 Å². The van der Waals surface area contributed by atoms with Gasteiger partial charge in [-0.15, -0.1) is 0 Å². The van der Waals surface area contributed by atoms with Gasteiger partial charge in [-0.3, -0.25) is 4.79 Å². The Morgan fingerprint density at radius 3 is 2.85 bits per heavy atom. The van der Waals surface area contributed by atoms with Crippen molar-refractivity contribution in [1.29, 1.82) is 0 Å². The molecule has 0 saturated heterocycles. The molecule has 3 N–H and O–H groups in total. The van der Waals surface area contributed by atoms with E-state index in [0.717, 1.165) is 10.6 Å². The summed E-state index contributed by atoms with van der Waals surface area (Å²) in [5.74, 6) is 0.00705. The number of carbonyl (C=O) groups is 1. The number of nitrogen functional groups attached to an aromatic ring is 1. The second-order valence-electron chi connectivity index (χ2n) is 4.27. The van der Waals surface area contributed by atoms with Crippen LogP contribution in [0.25, 0.3) is 0 Å². The molecule has 5 nitrogen and oxygen atoms in total. The molecule has 1 heterocycles. The van der Waals surface area contributed by atoms with Gasteiger partial charge in [0.15, 0.2) is 5.82 Å². The molecule has 1 aromatic heterocycles. The first-order valence-electron chi connectivity index (χ1n) is 5.96. The molecule has 2 rings (SSSR count). The highest BCUT2D eigenvalue weighted by molar-refractivity contribution is 7.11. The molecule has 20 heavy (non-hydrogen) atoms. The molecule has 0 aliphatic carbocycles. The van der Waals surface area contributed by atoms with Crippen LogP contribution in [0.3, 0.4) is 0 Å². The Balaban J connectivity index is 2.28. The summed E-state index contributed by atoms with van der Waals surface area (Å²) in [5, 5.41) is 3.99. The van der Waals surface area contributed by atoms with E-state index in [9.17, 15) is 4.79 Å². The Bertz CT molecular complexity index is 629.